The van der Waals surface area contributed by atoms with E-state index in [2.05, 4.69) is 45.2 Å². The molecule has 19 heavy (non-hydrogen) atoms. The van der Waals surface area contributed by atoms with Gasteiger partial charge in [0.25, 0.3) is 0 Å². The van der Waals surface area contributed by atoms with Crippen molar-refractivity contribution in [3.63, 3.8) is 0 Å². The van der Waals surface area contributed by atoms with Crippen molar-refractivity contribution in [2.24, 2.45) is 0 Å². The molecule has 3 aromatic heterocycles. The summed E-state index contributed by atoms with van der Waals surface area (Å²) in [5.74, 6) is 0.569. The molecule has 0 aliphatic carbocycles. The van der Waals surface area contributed by atoms with E-state index in [0.717, 1.165) is 24.0 Å². The summed E-state index contributed by atoms with van der Waals surface area (Å²) in [6.07, 6.45) is 2.55. The molecule has 0 bridgehead atoms. The second-order valence-electron chi connectivity index (χ2n) is 4.70. The summed E-state index contributed by atoms with van der Waals surface area (Å²) in [5.41, 5.74) is 10.7. The van der Waals surface area contributed by atoms with Gasteiger partial charge < -0.3 is 10.3 Å². The lowest BCUT2D eigenvalue weighted by atomic mass is 10.2. The molecule has 4 nitrogen and oxygen atoms in total. The first kappa shape index (κ1) is 12.2. The molecular weight excluding hydrogens is 256 g/mol. The second kappa shape index (κ2) is 4.66. The first-order valence-corrected chi connectivity index (χ1v) is 7.19. The molecule has 3 aromatic rings. The van der Waals surface area contributed by atoms with E-state index in [1.807, 2.05) is 0 Å². The van der Waals surface area contributed by atoms with Crippen molar-refractivity contribution < 1.29 is 0 Å². The third kappa shape index (κ3) is 2.00. The van der Waals surface area contributed by atoms with Crippen molar-refractivity contribution in [2.75, 3.05) is 5.73 Å². The molecule has 0 saturated heterocycles. The van der Waals surface area contributed by atoms with E-state index >= 15 is 0 Å². The van der Waals surface area contributed by atoms with E-state index in [-0.39, 0.29) is 0 Å². The van der Waals surface area contributed by atoms with Crippen molar-refractivity contribution in [2.45, 2.75) is 26.8 Å². The normalized spacial score (nSPS) is 11.3. The fourth-order valence-electron chi connectivity index (χ4n) is 2.45. The number of hydrogen-bond acceptors (Lipinski definition) is 4. The van der Waals surface area contributed by atoms with Gasteiger partial charge in [0.2, 0.25) is 0 Å². The van der Waals surface area contributed by atoms with E-state index in [1.54, 1.807) is 11.3 Å². The zero-order chi connectivity index (χ0) is 13.4. The van der Waals surface area contributed by atoms with Gasteiger partial charge in [0.05, 0.1) is 5.39 Å². The summed E-state index contributed by atoms with van der Waals surface area (Å²) in [6.45, 7) is 5.12. The molecule has 3 rings (SSSR count). The van der Waals surface area contributed by atoms with E-state index in [1.165, 1.54) is 23.1 Å². The number of thiophene rings is 1. The van der Waals surface area contributed by atoms with Crippen LogP contribution in [0.25, 0.3) is 11.0 Å². The maximum Gasteiger partial charge on any atom is 0.145 e. The summed E-state index contributed by atoms with van der Waals surface area (Å²) in [6, 6.07) is 2.17. The Morgan fingerprint density at radius 2 is 2.16 bits per heavy atom. The molecule has 0 fully saturated rings. The van der Waals surface area contributed by atoms with Crippen LogP contribution >= 0.6 is 11.3 Å². The first-order chi connectivity index (χ1) is 9.18. The zero-order valence-corrected chi connectivity index (χ0v) is 11.9. The van der Waals surface area contributed by atoms with Gasteiger partial charge in [-0.15, -0.1) is 0 Å². The number of nitrogens with zero attached hydrogens (tertiary/aromatic N) is 3. The smallest absolute Gasteiger partial charge is 0.145 e. The van der Waals surface area contributed by atoms with Crippen LogP contribution in [0, 0.1) is 13.8 Å². The minimum atomic E-state index is 0.569. The number of hydrogen-bond donors (Lipinski definition) is 1. The number of aryl methyl sites for hydroxylation is 3. The number of nitrogens with two attached hydrogens (primary N) is 1. The highest BCUT2D eigenvalue weighted by Crippen LogP contribution is 2.27. The highest BCUT2D eigenvalue weighted by atomic mass is 32.1. The van der Waals surface area contributed by atoms with E-state index < -0.39 is 0 Å². The lowest BCUT2D eigenvalue weighted by molar-refractivity contribution is 0.695. The average molecular weight is 272 g/mol. The fraction of sp³-hybridized carbons (Fsp3) is 0.286. The molecule has 0 aliphatic rings. The quantitative estimate of drug-likeness (QED) is 0.797. The number of fused-ring (bicyclic) bond motifs is 1. The average Bonchev–Trinajstić information content (AvgIpc) is 2.98. The monoisotopic (exact) mass is 272 g/mol. The second-order valence-corrected chi connectivity index (χ2v) is 5.48. The van der Waals surface area contributed by atoms with Gasteiger partial charge in [0.1, 0.15) is 17.8 Å². The Morgan fingerprint density at radius 1 is 1.32 bits per heavy atom. The van der Waals surface area contributed by atoms with Crippen LogP contribution in [0.1, 0.15) is 16.8 Å². The van der Waals surface area contributed by atoms with Crippen LogP contribution in [-0.2, 0) is 13.0 Å². The van der Waals surface area contributed by atoms with Crippen molar-refractivity contribution in [3.05, 3.63) is 40.0 Å². The van der Waals surface area contributed by atoms with Crippen LogP contribution in [-0.4, -0.2) is 14.5 Å². The largest absolute Gasteiger partial charge is 0.383 e. The van der Waals surface area contributed by atoms with Crippen LogP contribution in [0.3, 0.4) is 0 Å². The third-order valence-corrected chi connectivity index (χ3v) is 4.37. The third-order valence-electron chi connectivity index (χ3n) is 3.64. The van der Waals surface area contributed by atoms with Crippen LogP contribution in [0.4, 0.5) is 5.82 Å². The summed E-state index contributed by atoms with van der Waals surface area (Å²) < 4.78 is 2.24. The van der Waals surface area contributed by atoms with Crippen LogP contribution in [0.2, 0.25) is 0 Å². The van der Waals surface area contributed by atoms with Crippen LogP contribution in [0.15, 0.2) is 23.2 Å². The molecule has 0 radical (unpaired) electrons. The van der Waals surface area contributed by atoms with Gasteiger partial charge in [-0.3, -0.25) is 0 Å². The Morgan fingerprint density at radius 3 is 2.89 bits per heavy atom. The molecule has 0 saturated carbocycles. The van der Waals surface area contributed by atoms with Gasteiger partial charge in [-0.25, -0.2) is 9.97 Å². The van der Waals surface area contributed by atoms with Crippen molar-refractivity contribution in [1.29, 1.82) is 0 Å². The summed E-state index contributed by atoms with van der Waals surface area (Å²) in [4.78, 5) is 8.49. The molecule has 0 atom stereocenters. The highest BCUT2D eigenvalue weighted by molar-refractivity contribution is 7.07. The van der Waals surface area contributed by atoms with Gasteiger partial charge in [0.15, 0.2) is 0 Å². The summed E-state index contributed by atoms with van der Waals surface area (Å²) in [5, 5.41) is 5.30. The Bertz CT molecular complexity index is 713. The number of aromatic nitrogens is 3. The Hall–Kier alpha value is -1.88. The molecule has 0 unspecified atom stereocenters. The van der Waals surface area contributed by atoms with E-state index in [4.69, 9.17) is 5.73 Å². The van der Waals surface area contributed by atoms with Crippen LogP contribution in [0.5, 0.6) is 0 Å². The highest BCUT2D eigenvalue weighted by Gasteiger charge is 2.14. The molecule has 3 heterocycles. The van der Waals surface area contributed by atoms with Crippen LogP contribution < -0.4 is 5.73 Å². The van der Waals surface area contributed by atoms with Gasteiger partial charge in [-0.05, 0) is 48.2 Å². The maximum atomic E-state index is 5.97. The van der Waals surface area contributed by atoms with Crippen molar-refractivity contribution in [1.82, 2.24) is 14.5 Å². The summed E-state index contributed by atoms with van der Waals surface area (Å²) in [7, 11) is 0. The standard InChI is InChI=1S/C14H16N4S/c1-9-10(2)18(5-3-11-4-6-19-7-11)14-12(9)13(15)16-8-17-14/h4,6-8H,3,5H2,1-2H3,(H2,15,16,17). The molecule has 2 N–H and O–H groups in total. The zero-order valence-electron chi connectivity index (χ0n) is 11.1. The maximum absolute atomic E-state index is 5.97. The SMILES string of the molecule is Cc1c(C)n(CCc2ccsc2)c2ncnc(N)c12. The molecule has 0 aromatic carbocycles. The lowest BCUT2D eigenvalue weighted by Crippen LogP contribution is -2.04. The number of anilines is 1. The van der Waals surface area contributed by atoms with E-state index in [9.17, 15) is 0 Å². The Kier molecular flexibility index (Phi) is 2.98. The molecular formula is C14H16N4S. The summed E-state index contributed by atoms with van der Waals surface area (Å²) >= 11 is 1.74. The predicted octanol–water partition coefficient (Wildman–Crippen LogP) is 2.93. The van der Waals surface area contributed by atoms with Gasteiger partial charge in [-0.1, -0.05) is 0 Å². The Balaban J connectivity index is 2.03. The molecule has 0 spiro atoms. The minimum absolute atomic E-state index is 0.569. The topological polar surface area (TPSA) is 56.7 Å². The molecule has 5 heteroatoms. The predicted molar refractivity (Wildman–Crippen MR) is 79.4 cm³/mol. The molecule has 98 valence electrons. The van der Waals surface area contributed by atoms with Gasteiger partial charge >= 0.3 is 0 Å². The molecule has 0 aliphatic heterocycles. The lowest BCUT2D eigenvalue weighted by Gasteiger charge is -2.06. The van der Waals surface area contributed by atoms with Gasteiger partial charge in [0, 0.05) is 12.2 Å². The number of nitrogen functional groups attached to an aromatic ring is 1. The first-order valence-electron chi connectivity index (χ1n) is 6.25. The minimum Gasteiger partial charge on any atom is -0.383 e. The Labute approximate surface area is 115 Å². The van der Waals surface area contributed by atoms with Gasteiger partial charge in [-0.2, -0.15) is 11.3 Å². The van der Waals surface area contributed by atoms with Crippen molar-refractivity contribution >= 4 is 28.2 Å². The fourth-order valence-corrected chi connectivity index (χ4v) is 3.15. The molecule has 0 amide bonds. The van der Waals surface area contributed by atoms with Crippen molar-refractivity contribution in [3.8, 4) is 0 Å². The number of rotatable bonds is 3. The van der Waals surface area contributed by atoms with E-state index in [0.29, 0.717) is 5.82 Å².